The average Bonchev–Trinajstić information content (AvgIpc) is 2.96. The summed E-state index contributed by atoms with van der Waals surface area (Å²) < 4.78 is 29.2. The van der Waals surface area contributed by atoms with Crippen LogP contribution in [0.25, 0.3) is 0 Å². The molecule has 0 unspecified atom stereocenters. The molecule has 2 aromatic rings. The lowest BCUT2D eigenvalue weighted by atomic mass is 9.87. The Morgan fingerprint density at radius 2 is 1.76 bits per heavy atom. The molecule has 2 fully saturated rings. The van der Waals surface area contributed by atoms with Crippen LogP contribution in [0.2, 0.25) is 0 Å². The zero-order chi connectivity index (χ0) is 25.3. The summed E-state index contributed by atoms with van der Waals surface area (Å²) >= 11 is 0. The van der Waals surface area contributed by atoms with E-state index in [-0.39, 0.29) is 6.10 Å². The summed E-state index contributed by atoms with van der Waals surface area (Å²) in [5, 5.41) is 3.53. The average molecular weight is 511 g/mol. The van der Waals surface area contributed by atoms with E-state index in [1.807, 2.05) is 0 Å². The highest BCUT2D eigenvalue weighted by molar-refractivity contribution is 5.61. The predicted molar refractivity (Wildman–Crippen MR) is 145 cm³/mol. The van der Waals surface area contributed by atoms with Gasteiger partial charge in [0.15, 0.2) is 0 Å². The Balaban J connectivity index is 1.17. The zero-order valence-corrected chi connectivity index (χ0v) is 22.2. The minimum absolute atomic E-state index is 0.142. The zero-order valence-electron chi connectivity index (χ0n) is 22.2. The smallest absolute Gasteiger partial charge is 0.142 e. The van der Waals surface area contributed by atoms with Crippen LogP contribution in [0.15, 0.2) is 42.5 Å². The number of nitrogens with one attached hydrogen (secondary N) is 1. The first-order chi connectivity index (χ1) is 18.3. The summed E-state index contributed by atoms with van der Waals surface area (Å²) in [6, 6.07) is 15.4. The fourth-order valence-corrected chi connectivity index (χ4v) is 5.55. The molecule has 0 bridgehead atoms. The van der Waals surface area contributed by atoms with Crippen molar-refractivity contribution < 1.29 is 23.7 Å². The van der Waals surface area contributed by atoms with Gasteiger partial charge in [-0.1, -0.05) is 30.3 Å². The van der Waals surface area contributed by atoms with Crippen molar-refractivity contribution in [1.82, 2.24) is 5.32 Å². The van der Waals surface area contributed by atoms with Gasteiger partial charge in [0.1, 0.15) is 12.4 Å². The van der Waals surface area contributed by atoms with Crippen molar-refractivity contribution in [3.63, 3.8) is 0 Å². The molecule has 3 aliphatic heterocycles. The third-order valence-electron chi connectivity index (χ3n) is 7.71. The van der Waals surface area contributed by atoms with Gasteiger partial charge >= 0.3 is 0 Å². The predicted octanol–water partition coefficient (Wildman–Crippen LogP) is 4.28. The van der Waals surface area contributed by atoms with Crippen molar-refractivity contribution >= 4 is 5.69 Å². The summed E-state index contributed by atoms with van der Waals surface area (Å²) in [6.45, 7) is 8.16. The Morgan fingerprint density at radius 3 is 2.59 bits per heavy atom. The molecule has 7 heteroatoms. The maximum Gasteiger partial charge on any atom is 0.142 e. The molecule has 5 rings (SSSR count). The number of benzene rings is 2. The standard InChI is InChI=1S/C30H42N2O5/c1-33-15-2-13-32-14-18-35-29-8-5-24(19-28(29)32)22-37-30-20-31-12-9-27(30)25-6-3-23(4-7-25)21-36-26-10-16-34-17-11-26/h3-8,19,26-27,30-31H,2,9-18,20-22H2,1H3/t27-,30+/m1/s1. The van der Waals surface area contributed by atoms with Gasteiger partial charge in [-0.2, -0.15) is 0 Å². The molecule has 202 valence electrons. The number of rotatable bonds is 11. The maximum atomic E-state index is 6.54. The highest BCUT2D eigenvalue weighted by atomic mass is 16.5. The first-order valence-electron chi connectivity index (χ1n) is 13.9. The van der Waals surface area contributed by atoms with Crippen molar-refractivity contribution in [2.75, 3.05) is 64.6 Å². The van der Waals surface area contributed by atoms with Crippen LogP contribution in [-0.4, -0.2) is 71.9 Å². The summed E-state index contributed by atoms with van der Waals surface area (Å²) in [5.74, 6) is 1.35. The lowest BCUT2D eigenvalue weighted by Crippen LogP contribution is -2.41. The number of hydrogen-bond acceptors (Lipinski definition) is 7. The fraction of sp³-hybridized carbons (Fsp3) is 0.600. The molecular weight excluding hydrogens is 468 g/mol. The molecular formula is C30H42N2O5. The van der Waals surface area contributed by atoms with Crippen LogP contribution in [0.1, 0.15) is 48.3 Å². The van der Waals surface area contributed by atoms with Crippen molar-refractivity contribution in [3.05, 3.63) is 59.2 Å². The van der Waals surface area contributed by atoms with Crippen LogP contribution in [0, 0.1) is 0 Å². The molecule has 0 amide bonds. The lowest BCUT2D eigenvalue weighted by Gasteiger charge is -2.33. The van der Waals surface area contributed by atoms with Gasteiger partial charge in [-0.25, -0.2) is 0 Å². The second kappa shape index (κ2) is 13.6. The highest BCUT2D eigenvalue weighted by Crippen LogP contribution is 2.34. The van der Waals surface area contributed by atoms with Crippen LogP contribution in [0.5, 0.6) is 5.75 Å². The van der Waals surface area contributed by atoms with E-state index in [0.29, 0.717) is 25.2 Å². The summed E-state index contributed by atoms with van der Waals surface area (Å²) in [4.78, 5) is 2.40. The molecule has 0 radical (unpaired) electrons. The van der Waals surface area contributed by atoms with E-state index >= 15 is 0 Å². The first-order valence-corrected chi connectivity index (χ1v) is 13.9. The highest BCUT2D eigenvalue weighted by Gasteiger charge is 2.27. The van der Waals surface area contributed by atoms with Gasteiger partial charge in [0.2, 0.25) is 0 Å². The monoisotopic (exact) mass is 510 g/mol. The molecule has 0 aliphatic carbocycles. The van der Waals surface area contributed by atoms with Crippen molar-refractivity contribution in [1.29, 1.82) is 0 Å². The fourth-order valence-electron chi connectivity index (χ4n) is 5.55. The van der Waals surface area contributed by atoms with Crippen molar-refractivity contribution in [3.8, 4) is 5.75 Å². The third kappa shape index (κ3) is 7.24. The summed E-state index contributed by atoms with van der Waals surface area (Å²) in [6.07, 6.45) is 4.54. The van der Waals surface area contributed by atoms with Gasteiger partial charge in [-0.05, 0) is 61.1 Å². The Bertz CT molecular complexity index is 963. The number of methoxy groups -OCH3 is 1. The third-order valence-corrected chi connectivity index (χ3v) is 7.71. The molecule has 0 saturated carbocycles. The molecule has 0 aromatic heterocycles. The van der Waals surface area contributed by atoms with E-state index in [9.17, 15) is 0 Å². The van der Waals surface area contributed by atoms with E-state index < -0.39 is 0 Å². The lowest BCUT2D eigenvalue weighted by molar-refractivity contribution is -0.0390. The van der Waals surface area contributed by atoms with Gasteiger partial charge in [-0.3, -0.25) is 0 Å². The number of ether oxygens (including phenoxy) is 5. The molecule has 7 nitrogen and oxygen atoms in total. The summed E-state index contributed by atoms with van der Waals surface area (Å²) in [7, 11) is 1.76. The van der Waals surface area contributed by atoms with E-state index in [1.165, 1.54) is 22.4 Å². The maximum absolute atomic E-state index is 6.54. The van der Waals surface area contributed by atoms with Crippen LogP contribution in [-0.2, 0) is 32.2 Å². The number of anilines is 1. The normalized spacial score (nSPS) is 22.5. The van der Waals surface area contributed by atoms with Crippen LogP contribution >= 0.6 is 0 Å². The minimum Gasteiger partial charge on any atom is -0.490 e. The quantitative estimate of drug-likeness (QED) is 0.453. The second-order valence-corrected chi connectivity index (χ2v) is 10.3. The van der Waals surface area contributed by atoms with E-state index in [2.05, 4.69) is 52.7 Å². The van der Waals surface area contributed by atoms with Crippen LogP contribution < -0.4 is 15.0 Å². The largest absolute Gasteiger partial charge is 0.490 e. The minimum atomic E-state index is 0.142. The summed E-state index contributed by atoms with van der Waals surface area (Å²) in [5.41, 5.74) is 4.93. The molecule has 0 spiro atoms. The molecule has 2 aromatic carbocycles. The van der Waals surface area contributed by atoms with Crippen LogP contribution in [0.4, 0.5) is 5.69 Å². The molecule has 2 atom stereocenters. The molecule has 1 N–H and O–H groups in total. The number of fused-ring (bicyclic) bond motifs is 1. The number of piperidine rings is 1. The van der Waals surface area contributed by atoms with Gasteiger partial charge in [0, 0.05) is 45.9 Å². The molecule has 37 heavy (non-hydrogen) atoms. The Kier molecular flexibility index (Phi) is 9.71. The number of hydrogen-bond donors (Lipinski definition) is 1. The van der Waals surface area contributed by atoms with Crippen molar-refractivity contribution in [2.45, 2.75) is 57.0 Å². The topological polar surface area (TPSA) is 61.4 Å². The number of nitrogens with zero attached hydrogens (tertiary/aromatic N) is 1. The first kappa shape index (κ1) is 26.4. The van der Waals surface area contributed by atoms with E-state index in [4.69, 9.17) is 23.7 Å². The van der Waals surface area contributed by atoms with Gasteiger partial charge in [0.05, 0.1) is 37.7 Å². The SMILES string of the molecule is COCCCN1CCOc2ccc(CO[C@H]3CNCC[C@@H]3c3ccc(COC4CCOCC4)cc3)cc21. The van der Waals surface area contributed by atoms with Gasteiger partial charge in [0.25, 0.3) is 0 Å². The van der Waals surface area contributed by atoms with E-state index in [0.717, 1.165) is 84.0 Å². The Labute approximate surface area is 221 Å². The molecule has 3 heterocycles. The molecule has 2 saturated heterocycles. The Morgan fingerprint density at radius 1 is 0.946 bits per heavy atom. The molecule has 3 aliphatic rings. The van der Waals surface area contributed by atoms with Crippen LogP contribution in [0.3, 0.4) is 0 Å². The van der Waals surface area contributed by atoms with Gasteiger partial charge < -0.3 is 33.9 Å². The van der Waals surface area contributed by atoms with E-state index in [1.54, 1.807) is 7.11 Å². The van der Waals surface area contributed by atoms with Crippen molar-refractivity contribution in [2.24, 2.45) is 0 Å². The van der Waals surface area contributed by atoms with Gasteiger partial charge in [-0.15, -0.1) is 0 Å². The Hall–Kier alpha value is -2.16. The second-order valence-electron chi connectivity index (χ2n) is 10.3.